The van der Waals surface area contributed by atoms with E-state index in [0.717, 1.165) is 28.7 Å². The molecule has 2 rings (SSSR count). The number of carbonyl (C=O) groups is 1. The largest absolute Gasteiger partial charge is 0.388 e. The molecule has 2 heterocycles. The summed E-state index contributed by atoms with van der Waals surface area (Å²) in [7, 11) is 0. The number of piperidine rings is 1. The van der Waals surface area contributed by atoms with Crippen LogP contribution in [0.4, 0.5) is 0 Å². The van der Waals surface area contributed by atoms with Crippen LogP contribution in [0, 0.1) is 0 Å². The first kappa shape index (κ1) is 12.1. The topological polar surface area (TPSA) is 40.5 Å². The maximum absolute atomic E-state index is 12.2. The van der Waals surface area contributed by atoms with Crippen molar-refractivity contribution < 1.29 is 9.90 Å². The zero-order chi connectivity index (χ0) is 11.8. The predicted molar refractivity (Wildman–Crippen MR) is 67.8 cm³/mol. The van der Waals surface area contributed by atoms with Crippen molar-refractivity contribution in [1.82, 2.24) is 4.90 Å². The summed E-state index contributed by atoms with van der Waals surface area (Å²) in [6.07, 6.45) is 1.63. The Labute approximate surface area is 107 Å². The number of rotatable bonds is 1. The van der Waals surface area contributed by atoms with Crippen LogP contribution in [0.5, 0.6) is 0 Å². The lowest BCUT2D eigenvalue weighted by Gasteiger charge is -2.36. The minimum atomic E-state index is -0.738. The third kappa shape index (κ3) is 2.47. The highest BCUT2D eigenvalue weighted by Crippen LogP contribution is 2.27. The normalized spacial score (nSPS) is 25.8. The zero-order valence-corrected chi connectivity index (χ0v) is 11.5. The molecule has 16 heavy (non-hydrogen) atoms. The number of nitrogens with zero attached hydrogens (tertiary/aromatic N) is 1. The molecule has 1 aliphatic heterocycles. The van der Waals surface area contributed by atoms with Crippen molar-refractivity contribution in [3.05, 3.63) is 20.8 Å². The highest BCUT2D eigenvalue weighted by Gasteiger charge is 2.32. The van der Waals surface area contributed by atoms with E-state index in [-0.39, 0.29) is 5.91 Å². The van der Waals surface area contributed by atoms with Crippen molar-refractivity contribution in [2.24, 2.45) is 0 Å². The van der Waals surface area contributed by atoms with Crippen molar-refractivity contribution in [2.45, 2.75) is 25.4 Å². The van der Waals surface area contributed by atoms with E-state index in [1.54, 1.807) is 11.8 Å². The van der Waals surface area contributed by atoms with Crippen molar-refractivity contribution in [3.63, 3.8) is 0 Å². The molecule has 0 aliphatic carbocycles. The Morgan fingerprint density at radius 2 is 2.44 bits per heavy atom. The maximum atomic E-state index is 12.2. The molecule has 1 aromatic rings. The SMILES string of the molecule is CC1(O)CCCN(C(=O)c2sccc2Br)C1. The van der Waals surface area contributed by atoms with Crippen molar-refractivity contribution >= 4 is 33.2 Å². The lowest BCUT2D eigenvalue weighted by molar-refractivity contribution is -0.0106. The molecule has 0 radical (unpaired) electrons. The minimum absolute atomic E-state index is 0.0156. The molecule has 3 nitrogen and oxygen atoms in total. The van der Waals surface area contributed by atoms with Gasteiger partial charge in [0.05, 0.1) is 5.60 Å². The van der Waals surface area contributed by atoms with Gasteiger partial charge in [0.2, 0.25) is 0 Å². The summed E-state index contributed by atoms with van der Waals surface area (Å²) in [6.45, 7) is 2.95. The average Bonchev–Trinajstić information content (AvgIpc) is 2.62. The van der Waals surface area contributed by atoms with E-state index in [1.807, 2.05) is 11.4 Å². The van der Waals surface area contributed by atoms with E-state index in [2.05, 4.69) is 15.9 Å². The molecule has 1 fully saturated rings. The average molecular weight is 304 g/mol. The van der Waals surface area contributed by atoms with Crippen LogP contribution in [0.25, 0.3) is 0 Å². The number of hydrogen-bond acceptors (Lipinski definition) is 3. The maximum Gasteiger partial charge on any atom is 0.265 e. The van der Waals surface area contributed by atoms with Crippen LogP contribution in [-0.2, 0) is 0 Å². The van der Waals surface area contributed by atoms with Crippen LogP contribution in [0.3, 0.4) is 0 Å². The van der Waals surface area contributed by atoms with Crippen LogP contribution < -0.4 is 0 Å². The van der Waals surface area contributed by atoms with Gasteiger partial charge in [0.1, 0.15) is 4.88 Å². The molecule has 1 amide bonds. The molecule has 5 heteroatoms. The van der Waals surface area contributed by atoms with Crippen molar-refractivity contribution in [1.29, 1.82) is 0 Å². The minimum Gasteiger partial charge on any atom is -0.388 e. The first-order chi connectivity index (χ1) is 7.49. The fourth-order valence-electron chi connectivity index (χ4n) is 1.98. The van der Waals surface area contributed by atoms with Crippen molar-refractivity contribution in [2.75, 3.05) is 13.1 Å². The van der Waals surface area contributed by atoms with Gasteiger partial charge in [-0.15, -0.1) is 11.3 Å². The van der Waals surface area contributed by atoms with Gasteiger partial charge in [-0.05, 0) is 47.1 Å². The fourth-order valence-corrected chi connectivity index (χ4v) is 3.49. The van der Waals surface area contributed by atoms with Crippen LogP contribution in [0.1, 0.15) is 29.4 Å². The summed E-state index contributed by atoms with van der Waals surface area (Å²) >= 11 is 4.79. The number of thiophene rings is 1. The predicted octanol–water partition coefficient (Wildman–Crippen LogP) is 2.50. The smallest absolute Gasteiger partial charge is 0.265 e. The number of halogens is 1. The van der Waals surface area contributed by atoms with Gasteiger partial charge >= 0.3 is 0 Å². The second-order valence-electron chi connectivity index (χ2n) is 4.42. The number of hydrogen-bond donors (Lipinski definition) is 1. The second-order valence-corrected chi connectivity index (χ2v) is 6.20. The summed E-state index contributed by atoms with van der Waals surface area (Å²) < 4.78 is 0.840. The Bertz CT molecular complexity index is 402. The number of aliphatic hydroxyl groups is 1. The second kappa shape index (κ2) is 4.47. The zero-order valence-electron chi connectivity index (χ0n) is 9.07. The number of amides is 1. The number of likely N-dealkylation sites (tertiary alicyclic amines) is 1. The van der Waals surface area contributed by atoms with Gasteiger partial charge < -0.3 is 10.0 Å². The Hall–Kier alpha value is -0.390. The Morgan fingerprint density at radius 3 is 3.00 bits per heavy atom. The van der Waals surface area contributed by atoms with Gasteiger partial charge in [-0.1, -0.05) is 0 Å². The van der Waals surface area contributed by atoms with E-state index in [4.69, 9.17) is 0 Å². The fraction of sp³-hybridized carbons (Fsp3) is 0.545. The Morgan fingerprint density at radius 1 is 1.69 bits per heavy atom. The Kier molecular flexibility index (Phi) is 3.37. The number of β-amino-alcohol motifs (C(OH)–C–C–N with tert-alkyl or cyclic N) is 1. The van der Waals surface area contributed by atoms with Gasteiger partial charge in [-0.3, -0.25) is 4.79 Å². The quantitative estimate of drug-likeness (QED) is 0.866. The molecule has 1 aromatic heterocycles. The van der Waals surface area contributed by atoms with Gasteiger partial charge in [0.15, 0.2) is 0 Å². The summed E-state index contributed by atoms with van der Waals surface area (Å²) in [4.78, 5) is 14.6. The summed E-state index contributed by atoms with van der Waals surface area (Å²) in [5.41, 5.74) is -0.738. The molecule has 0 spiro atoms. The highest BCUT2D eigenvalue weighted by molar-refractivity contribution is 9.10. The van der Waals surface area contributed by atoms with Crippen LogP contribution >= 0.6 is 27.3 Å². The van der Waals surface area contributed by atoms with Crippen LogP contribution in [-0.4, -0.2) is 34.6 Å². The van der Waals surface area contributed by atoms with Crippen molar-refractivity contribution in [3.8, 4) is 0 Å². The molecule has 0 saturated carbocycles. The van der Waals surface area contributed by atoms with Gasteiger partial charge in [-0.2, -0.15) is 0 Å². The molecular formula is C11H14BrNO2S. The van der Waals surface area contributed by atoms with E-state index in [0.29, 0.717) is 6.54 Å². The monoisotopic (exact) mass is 303 g/mol. The molecule has 1 unspecified atom stereocenters. The first-order valence-electron chi connectivity index (χ1n) is 5.24. The molecule has 1 saturated heterocycles. The highest BCUT2D eigenvalue weighted by atomic mass is 79.9. The van der Waals surface area contributed by atoms with E-state index in [1.165, 1.54) is 11.3 Å². The molecule has 1 aliphatic rings. The molecular weight excluding hydrogens is 290 g/mol. The molecule has 1 N–H and O–H groups in total. The molecule has 88 valence electrons. The lowest BCUT2D eigenvalue weighted by atomic mass is 9.95. The van der Waals surface area contributed by atoms with Gasteiger partial charge in [-0.25, -0.2) is 0 Å². The van der Waals surface area contributed by atoms with E-state index in [9.17, 15) is 9.90 Å². The Balaban J connectivity index is 2.14. The third-order valence-electron chi connectivity index (χ3n) is 2.77. The summed E-state index contributed by atoms with van der Waals surface area (Å²) in [6, 6.07) is 1.87. The van der Waals surface area contributed by atoms with Crippen LogP contribution in [0.2, 0.25) is 0 Å². The van der Waals surface area contributed by atoms with E-state index < -0.39 is 5.60 Å². The van der Waals surface area contributed by atoms with Gasteiger partial charge in [0.25, 0.3) is 5.91 Å². The molecule has 0 aromatic carbocycles. The third-order valence-corrected chi connectivity index (χ3v) is 4.60. The van der Waals surface area contributed by atoms with Gasteiger partial charge in [0, 0.05) is 17.6 Å². The number of carbonyl (C=O) groups excluding carboxylic acids is 1. The summed E-state index contributed by atoms with van der Waals surface area (Å²) in [5.74, 6) is 0.0156. The molecule has 0 bridgehead atoms. The summed E-state index contributed by atoms with van der Waals surface area (Å²) in [5, 5.41) is 11.8. The molecule has 1 atom stereocenters. The standard InChI is InChI=1S/C11H14BrNO2S/c1-11(15)4-2-5-13(7-11)10(14)9-8(12)3-6-16-9/h3,6,15H,2,4-5,7H2,1H3. The lowest BCUT2D eigenvalue weighted by Crippen LogP contribution is -2.48. The first-order valence-corrected chi connectivity index (χ1v) is 6.91. The van der Waals surface area contributed by atoms with Crippen LogP contribution in [0.15, 0.2) is 15.9 Å². The van der Waals surface area contributed by atoms with E-state index >= 15 is 0 Å².